The summed E-state index contributed by atoms with van der Waals surface area (Å²) in [6.07, 6.45) is 2.34. The minimum atomic E-state index is 0.105. The molecule has 0 saturated heterocycles. The lowest BCUT2D eigenvalue weighted by atomic mass is 10.1. The molecule has 112 valence electrons. The van der Waals surface area contributed by atoms with Gasteiger partial charge >= 0.3 is 0 Å². The Bertz CT molecular complexity index is 576. The Morgan fingerprint density at radius 1 is 0.952 bits per heavy atom. The highest BCUT2D eigenvalue weighted by Gasteiger charge is 2.04. The molecule has 2 aromatic carbocycles. The van der Waals surface area contributed by atoms with Crippen molar-refractivity contribution in [2.75, 3.05) is 5.73 Å². The molecule has 0 spiro atoms. The van der Waals surface area contributed by atoms with E-state index >= 15 is 0 Å². The average Bonchev–Trinajstić information content (AvgIpc) is 2.40. The van der Waals surface area contributed by atoms with E-state index in [0.717, 1.165) is 24.3 Å². The second-order valence-electron chi connectivity index (χ2n) is 5.40. The molecule has 0 heterocycles. The monoisotopic (exact) mass is 285 g/mol. The molecule has 0 aliphatic rings. The number of rotatable bonds is 6. The molecule has 2 rings (SSSR count). The van der Waals surface area contributed by atoms with Crippen LogP contribution in [0.3, 0.4) is 0 Å². The minimum Gasteiger partial charge on any atom is -0.491 e. The summed E-state index contributed by atoms with van der Waals surface area (Å²) in [6.45, 7) is 6.14. The summed E-state index contributed by atoms with van der Waals surface area (Å²) in [7, 11) is 0. The maximum Gasteiger partial charge on any atom is 0.133 e. The fourth-order valence-electron chi connectivity index (χ4n) is 2.14. The first kappa shape index (κ1) is 15.2. The number of hydrogen-bond acceptors (Lipinski definition) is 3. The average molecular weight is 285 g/mol. The molecular weight excluding hydrogens is 262 g/mol. The van der Waals surface area contributed by atoms with Crippen molar-refractivity contribution in [3.8, 4) is 17.2 Å². The molecule has 0 unspecified atom stereocenters. The van der Waals surface area contributed by atoms with Crippen LogP contribution in [0.4, 0.5) is 5.69 Å². The lowest BCUT2D eigenvalue weighted by Gasteiger charge is -2.13. The van der Waals surface area contributed by atoms with Crippen LogP contribution in [-0.4, -0.2) is 6.10 Å². The van der Waals surface area contributed by atoms with Gasteiger partial charge in [-0.15, -0.1) is 0 Å². The number of benzene rings is 2. The van der Waals surface area contributed by atoms with Gasteiger partial charge in [-0.3, -0.25) is 0 Å². The second kappa shape index (κ2) is 7.02. The van der Waals surface area contributed by atoms with E-state index in [0.29, 0.717) is 11.4 Å². The molecule has 0 aliphatic heterocycles. The SMILES string of the molecule is CCCc1ccc(Oc2cc(N)cc(OC(C)C)c2)cc1. The van der Waals surface area contributed by atoms with Gasteiger partial charge in [0.25, 0.3) is 0 Å². The summed E-state index contributed by atoms with van der Waals surface area (Å²) >= 11 is 0. The number of nitrogen functional groups attached to an aromatic ring is 1. The van der Waals surface area contributed by atoms with Gasteiger partial charge in [0.2, 0.25) is 0 Å². The number of nitrogens with two attached hydrogens (primary N) is 1. The molecule has 0 radical (unpaired) electrons. The molecule has 0 bridgehead atoms. The molecular formula is C18H23NO2. The van der Waals surface area contributed by atoms with E-state index in [-0.39, 0.29) is 6.10 Å². The van der Waals surface area contributed by atoms with E-state index < -0.39 is 0 Å². The van der Waals surface area contributed by atoms with Crippen molar-refractivity contribution in [1.29, 1.82) is 0 Å². The normalized spacial score (nSPS) is 10.7. The molecule has 0 atom stereocenters. The molecule has 0 fully saturated rings. The van der Waals surface area contributed by atoms with Crippen molar-refractivity contribution in [1.82, 2.24) is 0 Å². The zero-order valence-corrected chi connectivity index (χ0v) is 12.9. The van der Waals surface area contributed by atoms with Crippen molar-refractivity contribution in [3.05, 3.63) is 48.0 Å². The summed E-state index contributed by atoms with van der Waals surface area (Å²) in [6, 6.07) is 13.6. The molecule has 2 aromatic rings. The third-order valence-corrected chi connectivity index (χ3v) is 2.97. The van der Waals surface area contributed by atoms with Crippen LogP contribution in [0.15, 0.2) is 42.5 Å². The van der Waals surface area contributed by atoms with Crippen molar-refractivity contribution in [2.45, 2.75) is 39.7 Å². The molecule has 3 heteroatoms. The van der Waals surface area contributed by atoms with Gasteiger partial charge in [0, 0.05) is 23.9 Å². The fourth-order valence-corrected chi connectivity index (χ4v) is 2.14. The van der Waals surface area contributed by atoms with Gasteiger partial charge in [0.05, 0.1) is 6.10 Å². The smallest absolute Gasteiger partial charge is 0.133 e. The Balaban J connectivity index is 2.12. The predicted molar refractivity (Wildman–Crippen MR) is 87.1 cm³/mol. The van der Waals surface area contributed by atoms with Crippen molar-refractivity contribution in [2.24, 2.45) is 0 Å². The van der Waals surface area contributed by atoms with Gasteiger partial charge in [-0.2, -0.15) is 0 Å². The van der Waals surface area contributed by atoms with Crippen molar-refractivity contribution < 1.29 is 9.47 Å². The first-order valence-corrected chi connectivity index (χ1v) is 7.41. The summed E-state index contributed by atoms with van der Waals surface area (Å²) in [4.78, 5) is 0. The first-order chi connectivity index (χ1) is 10.1. The van der Waals surface area contributed by atoms with Crippen molar-refractivity contribution in [3.63, 3.8) is 0 Å². The van der Waals surface area contributed by atoms with Crippen LogP contribution in [0.2, 0.25) is 0 Å². The predicted octanol–water partition coefficient (Wildman–Crippen LogP) is 4.80. The van der Waals surface area contributed by atoms with Crippen LogP contribution in [0.25, 0.3) is 0 Å². The van der Waals surface area contributed by atoms with E-state index in [2.05, 4.69) is 19.1 Å². The second-order valence-corrected chi connectivity index (χ2v) is 5.40. The van der Waals surface area contributed by atoms with Gasteiger partial charge in [-0.1, -0.05) is 25.5 Å². The maximum atomic E-state index is 5.89. The third kappa shape index (κ3) is 4.71. The van der Waals surface area contributed by atoms with E-state index in [1.165, 1.54) is 5.56 Å². The topological polar surface area (TPSA) is 44.5 Å². The fraction of sp³-hybridized carbons (Fsp3) is 0.333. The molecule has 21 heavy (non-hydrogen) atoms. The first-order valence-electron chi connectivity index (χ1n) is 7.41. The van der Waals surface area contributed by atoms with Crippen LogP contribution in [0.5, 0.6) is 17.2 Å². The molecule has 0 aromatic heterocycles. The minimum absolute atomic E-state index is 0.105. The van der Waals surface area contributed by atoms with Gasteiger partial charge in [-0.25, -0.2) is 0 Å². The standard InChI is InChI=1S/C18H23NO2/c1-4-5-14-6-8-16(9-7-14)21-18-11-15(19)10-17(12-18)20-13(2)3/h6-13H,4-5,19H2,1-3H3. The maximum absolute atomic E-state index is 5.89. The van der Waals surface area contributed by atoms with Gasteiger partial charge in [-0.05, 0) is 38.0 Å². The number of anilines is 1. The van der Waals surface area contributed by atoms with Gasteiger partial charge in [0.1, 0.15) is 17.2 Å². The van der Waals surface area contributed by atoms with Crippen LogP contribution >= 0.6 is 0 Å². The van der Waals surface area contributed by atoms with Crippen molar-refractivity contribution >= 4 is 5.69 Å². The molecule has 0 amide bonds. The number of aryl methyl sites for hydroxylation is 1. The molecule has 3 nitrogen and oxygen atoms in total. The summed E-state index contributed by atoms with van der Waals surface area (Å²) in [5, 5.41) is 0. The molecule has 0 saturated carbocycles. The Hall–Kier alpha value is -2.16. The lowest BCUT2D eigenvalue weighted by Crippen LogP contribution is -2.05. The molecule has 2 N–H and O–H groups in total. The largest absolute Gasteiger partial charge is 0.491 e. The quantitative estimate of drug-likeness (QED) is 0.775. The zero-order valence-electron chi connectivity index (χ0n) is 12.9. The van der Waals surface area contributed by atoms with Crippen LogP contribution in [0, 0.1) is 0 Å². The highest BCUT2D eigenvalue weighted by Crippen LogP contribution is 2.29. The highest BCUT2D eigenvalue weighted by molar-refractivity contribution is 5.51. The lowest BCUT2D eigenvalue weighted by molar-refractivity contribution is 0.242. The molecule has 0 aliphatic carbocycles. The Kier molecular flexibility index (Phi) is 5.09. The van der Waals surface area contributed by atoms with E-state index in [1.54, 1.807) is 12.1 Å². The Morgan fingerprint density at radius 3 is 2.24 bits per heavy atom. The van der Waals surface area contributed by atoms with Crippen LogP contribution < -0.4 is 15.2 Å². The number of hydrogen-bond donors (Lipinski definition) is 1. The Morgan fingerprint density at radius 2 is 1.62 bits per heavy atom. The highest BCUT2D eigenvalue weighted by atomic mass is 16.5. The van der Waals surface area contributed by atoms with E-state index in [4.69, 9.17) is 15.2 Å². The zero-order chi connectivity index (χ0) is 15.2. The van der Waals surface area contributed by atoms with E-state index in [9.17, 15) is 0 Å². The Labute approximate surface area is 126 Å². The van der Waals surface area contributed by atoms with Gasteiger partial charge < -0.3 is 15.2 Å². The van der Waals surface area contributed by atoms with E-state index in [1.807, 2.05) is 32.0 Å². The van der Waals surface area contributed by atoms with Crippen LogP contribution in [0.1, 0.15) is 32.8 Å². The summed E-state index contributed by atoms with van der Waals surface area (Å²) in [5.74, 6) is 2.22. The third-order valence-electron chi connectivity index (χ3n) is 2.97. The van der Waals surface area contributed by atoms with Gasteiger partial charge in [0.15, 0.2) is 0 Å². The van der Waals surface area contributed by atoms with Crippen LogP contribution in [-0.2, 0) is 6.42 Å². The summed E-state index contributed by atoms with van der Waals surface area (Å²) in [5.41, 5.74) is 7.84. The number of ether oxygens (including phenoxy) is 2. The summed E-state index contributed by atoms with van der Waals surface area (Å²) < 4.78 is 11.5.